The topological polar surface area (TPSA) is 26.0 Å². The molecular formula is C16H17ClFN. The number of aryl methyl sites for hydroxylation is 1. The summed E-state index contributed by atoms with van der Waals surface area (Å²) in [5.74, 6) is -0.113. The summed E-state index contributed by atoms with van der Waals surface area (Å²) >= 11 is 6.08. The molecule has 0 aliphatic rings. The lowest BCUT2D eigenvalue weighted by Gasteiger charge is -2.18. The predicted octanol–water partition coefficient (Wildman–Crippen LogP) is 4.07. The van der Waals surface area contributed by atoms with Crippen LogP contribution in [0.1, 0.15) is 22.6 Å². The Labute approximate surface area is 118 Å². The van der Waals surface area contributed by atoms with Crippen LogP contribution in [0, 0.1) is 12.7 Å². The molecule has 0 aliphatic carbocycles. The predicted molar refractivity (Wildman–Crippen MR) is 78.1 cm³/mol. The number of benzene rings is 2. The monoisotopic (exact) mass is 277 g/mol. The average molecular weight is 278 g/mol. The van der Waals surface area contributed by atoms with E-state index in [-0.39, 0.29) is 11.7 Å². The number of rotatable bonds is 4. The third-order valence-corrected chi connectivity index (χ3v) is 3.75. The average Bonchev–Trinajstić information content (AvgIpc) is 2.39. The Morgan fingerprint density at radius 3 is 2.58 bits per heavy atom. The molecule has 0 aromatic heterocycles. The smallest absolute Gasteiger partial charge is 0.124 e. The van der Waals surface area contributed by atoms with E-state index < -0.39 is 0 Å². The molecule has 2 aromatic carbocycles. The lowest BCUT2D eigenvalue weighted by molar-refractivity contribution is 0.625. The Morgan fingerprint density at radius 1 is 1.21 bits per heavy atom. The fourth-order valence-corrected chi connectivity index (χ4v) is 2.56. The van der Waals surface area contributed by atoms with Gasteiger partial charge < -0.3 is 5.73 Å². The van der Waals surface area contributed by atoms with E-state index in [9.17, 15) is 4.39 Å². The zero-order chi connectivity index (χ0) is 13.8. The minimum Gasteiger partial charge on any atom is -0.330 e. The molecule has 0 saturated heterocycles. The molecule has 0 bridgehead atoms. The van der Waals surface area contributed by atoms with Crippen molar-refractivity contribution >= 4 is 11.6 Å². The van der Waals surface area contributed by atoms with Gasteiger partial charge in [0.05, 0.1) is 0 Å². The van der Waals surface area contributed by atoms with E-state index >= 15 is 0 Å². The minimum atomic E-state index is -0.311. The van der Waals surface area contributed by atoms with Crippen molar-refractivity contribution in [3.8, 4) is 0 Å². The number of nitrogens with two attached hydrogens (primary N) is 1. The van der Waals surface area contributed by atoms with Gasteiger partial charge in [0.2, 0.25) is 0 Å². The third kappa shape index (κ3) is 3.34. The molecule has 2 aromatic rings. The fraction of sp³-hybridized carbons (Fsp3) is 0.250. The van der Waals surface area contributed by atoms with Crippen molar-refractivity contribution in [2.45, 2.75) is 19.3 Å². The summed E-state index contributed by atoms with van der Waals surface area (Å²) in [4.78, 5) is 0. The van der Waals surface area contributed by atoms with Gasteiger partial charge in [-0.15, -0.1) is 0 Å². The lowest BCUT2D eigenvalue weighted by atomic mass is 9.89. The van der Waals surface area contributed by atoms with Gasteiger partial charge in [-0.1, -0.05) is 41.9 Å². The van der Waals surface area contributed by atoms with Crippen LogP contribution >= 0.6 is 11.6 Å². The second-order valence-electron chi connectivity index (χ2n) is 4.73. The Morgan fingerprint density at radius 2 is 1.95 bits per heavy atom. The molecule has 0 spiro atoms. The molecule has 0 saturated carbocycles. The summed E-state index contributed by atoms with van der Waals surface area (Å²) in [5.41, 5.74) is 9.26. The number of halogens is 2. The van der Waals surface area contributed by atoms with Gasteiger partial charge in [0.1, 0.15) is 5.82 Å². The van der Waals surface area contributed by atoms with Crippen LogP contribution in [-0.4, -0.2) is 6.54 Å². The van der Waals surface area contributed by atoms with Crippen LogP contribution < -0.4 is 5.73 Å². The van der Waals surface area contributed by atoms with Gasteiger partial charge in [-0.3, -0.25) is 0 Å². The normalized spacial score (nSPS) is 12.4. The first kappa shape index (κ1) is 14.0. The molecule has 1 unspecified atom stereocenters. The van der Waals surface area contributed by atoms with E-state index in [2.05, 4.69) is 19.1 Å². The summed E-state index contributed by atoms with van der Waals surface area (Å²) in [6, 6.07) is 12.7. The second kappa shape index (κ2) is 6.18. The van der Waals surface area contributed by atoms with Crippen LogP contribution in [0.25, 0.3) is 0 Å². The van der Waals surface area contributed by atoms with Gasteiger partial charge in [0.15, 0.2) is 0 Å². The van der Waals surface area contributed by atoms with Gasteiger partial charge in [0.25, 0.3) is 0 Å². The van der Waals surface area contributed by atoms with E-state index in [0.717, 1.165) is 12.0 Å². The summed E-state index contributed by atoms with van der Waals surface area (Å²) in [6.45, 7) is 2.61. The molecule has 2 N–H and O–H groups in total. The largest absolute Gasteiger partial charge is 0.330 e. The molecule has 2 rings (SSSR count). The lowest BCUT2D eigenvalue weighted by Crippen LogP contribution is -2.16. The summed E-state index contributed by atoms with van der Waals surface area (Å²) in [7, 11) is 0. The highest BCUT2D eigenvalue weighted by Crippen LogP contribution is 2.27. The van der Waals surface area contributed by atoms with Crippen molar-refractivity contribution < 1.29 is 4.39 Å². The Bertz CT molecular complexity index is 568. The Hall–Kier alpha value is -1.38. The molecule has 1 atom stereocenters. The first-order valence-electron chi connectivity index (χ1n) is 6.31. The first-order chi connectivity index (χ1) is 9.11. The zero-order valence-corrected chi connectivity index (χ0v) is 11.6. The number of hydrogen-bond donors (Lipinski definition) is 1. The van der Waals surface area contributed by atoms with Gasteiger partial charge >= 0.3 is 0 Å². The standard InChI is InChI=1S/C16H17ClFN/c1-11-4-2-3-5-15(11)13(10-19)8-12-6-7-14(18)9-16(12)17/h2-7,9,13H,8,10,19H2,1H3. The molecular weight excluding hydrogens is 261 g/mol. The van der Waals surface area contributed by atoms with Gasteiger partial charge in [0, 0.05) is 10.9 Å². The molecule has 0 fully saturated rings. The third-order valence-electron chi connectivity index (χ3n) is 3.39. The maximum absolute atomic E-state index is 13.0. The molecule has 19 heavy (non-hydrogen) atoms. The second-order valence-corrected chi connectivity index (χ2v) is 5.14. The molecule has 0 radical (unpaired) electrons. The molecule has 3 heteroatoms. The summed E-state index contributed by atoms with van der Waals surface area (Å²) < 4.78 is 13.0. The molecule has 1 nitrogen and oxygen atoms in total. The van der Waals surface area contributed by atoms with Crippen LogP contribution in [0.2, 0.25) is 5.02 Å². The summed E-state index contributed by atoms with van der Waals surface area (Å²) in [6.07, 6.45) is 0.723. The van der Waals surface area contributed by atoms with E-state index in [4.69, 9.17) is 17.3 Å². The molecule has 0 amide bonds. The Balaban J connectivity index is 2.27. The van der Waals surface area contributed by atoms with Gasteiger partial charge in [-0.2, -0.15) is 0 Å². The molecule has 0 heterocycles. The highest BCUT2D eigenvalue weighted by molar-refractivity contribution is 6.31. The minimum absolute atomic E-state index is 0.198. The highest BCUT2D eigenvalue weighted by Gasteiger charge is 2.14. The summed E-state index contributed by atoms with van der Waals surface area (Å²) in [5, 5.41) is 0.465. The van der Waals surface area contributed by atoms with E-state index in [1.165, 1.54) is 23.3 Å². The van der Waals surface area contributed by atoms with Crippen LogP contribution in [0.5, 0.6) is 0 Å². The molecule has 100 valence electrons. The van der Waals surface area contributed by atoms with Crippen LogP contribution in [0.3, 0.4) is 0 Å². The van der Waals surface area contributed by atoms with Crippen LogP contribution in [0.15, 0.2) is 42.5 Å². The van der Waals surface area contributed by atoms with E-state index in [1.54, 1.807) is 6.07 Å². The van der Waals surface area contributed by atoms with Gasteiger partial charge in [-0.05, 0) is 48.7 Å². The highest BCUT2D eigenvalue weighted by atomic mass is 35.5. The van der Waals surface area contributed by atoms with Crippen molar-refractivity contribution in [3.63, 3.8) is 0 Å². The van der Waals surface area contributed by atoms with Crippen molar-refractivity contribution in [1.82, 2.24) is 0 Å². The zero-order valence-electron chi connectivity index (χ0n) is 10.9. The van der Waals surface area contributed by atoms with Crippen LogP contribution in [0.4, 0.5) is 4.39 Å². The van der Waals surface area contributed by atoms with Crippen molar-refractivity contribution in [1.29, 1.82) is 0 Å². The SMILES string of the molecule is Cc1ccccc1C(CN)Cc1ccc(F)cc1Cl. The van der Waals surface area contributed by atoms with E-state index in [0.29, 0.717) is 11.6 Å². The maximum atomic E-state index is 13.0. The van der Waals surface area contributed by atoms with Crippen molar-refractivity contribution in [2.75, 3.05) is 6.54 Å². The van der Waals surface area contributed by atoms with Gasteiger partial charge in [-0.25, -0.2) is 4.39 Å². The maximum Gasteiger partial charge on any atom is 0.124 e. The molecule has 0 aliphatic heterocycles. The van der Waals surface area contributed by atoms with E-state index in [1.807, 2.05) is 12.1 Å². The quantitative estimate of drug-likeness (QED) is 0.896. The van der Waals surface area contributed by atoms with Crippen molar-refractivity contribution in [2.24, 2.45) is 5.73 Å². The van der Waals surface area contributed by atoms with Crippen LogP contribution in [-0.2, 0) is 6.42 Å². The first-order valence-corrected chi connectivity index (χ1v) is 6.69. The Kier molecular flexibility index (Phi) is 4.56. The fourth-order valence-electron chi connectivity index (χ4n) is 2.32. The van der Waals surface area contributed by atoms with Crippen molar-refractivity contribution in [3.05, 3.63) is 70.0 Å². The number of hydrogen-bond acceptors (Lipinski definition) is 1.